The van der Waals surface area contributed by atoms with Crippen LogP contribution in [0.1, 0.15) is 0 Å². The van der Waals surface area contributed by atoms with Gasteiger partial charge in [-0.1, -0.05) is 188 Å². The summed E-state index contributed by atoms with van der Waals surface area (Å²) in [6.07, 6.45) is 0. The summed E-state index contributed by atoms with van der Waals surface area (Å²) in [7, 11) is 0. The van der Waals surface area contributed by atoms with Crippen molar-refractivity contribution in [3.63, 3.8) is 0 Å². The minimum Gasteiger partial charge on any atom is -0.0622 e. The Labute approximate surface area is 293 Å². The summed E-state index contributed by atoms with van der Waals surface area (Å²) in [4.78, 5) is 0. The van der Waals surface area contributed by atoms with Gasteiger partial charge in [-0.15, -0.1) is 0 Å². The van der Waals surface area contributed by atoms with Crippen LogP contribution in [0.25, 0.3) is 88.3 Å². The Bertz CT molecular complexity index is 2550. The highest BCUT2D eigenvalue weighted by Gasteiger charge is 2.24. The topological polar surface area (TPSA) is 0 Å². The molecule has 0 aromatic heterocycles. The second-order valence-corrected chi connectivity index (χ2v) is 12.8. The van der Waals surface area contributed by atoms with Crippen molar-refractivity contribution < 1.29 is 0 Å². The molecule has 9 aromatic carbocycles. The van der Waals surface area contributed by atoms with Gasteiger partial charge in [0.05, 0.1) is 0 Å². The minimum atomic E-state index is 1.19. The molecule has 0 atom stereocenters. The number of hydrogen-bond acceptors (Lipinski definition) is 0. The van der Waals surface area contributed by atoms with E-state index in [0.29, 0.717) is 0 Å². The fourth-order valence-electron chi connectivity index (χ4n) is 7.63. The van der Waals surface area contributed by atoms with E-state index in [0.717, 1.165) is 0 Å². The molecule has 0 radical (unpaired) electrons. The van der Waals surface area contributed by atoms with Crippen molar-refractivity contribution in [2.24, 2.45) is 0 Å². The Morgan fingerprint density at radius 3 is 1.10 bits per heavy atom. The summed E-state index contributed by atoms with van der Waals surface area (Å²) in [5.41, 5.74) is 14.6. The molecule has 9 aromatic rings. The van der Waals surface area contributed by atoms with E-state index in [2.05, 4.69) is 206 Å². The monoisotopic (exact) mass is 634 g/mol. The summed E-state index contributed by atoms with van der Waals surface area (Å²) in [5, 5.41) is 5.03. The number of fused-ring (bicyclic) bond motifs is 2. The molecule has 0 amide bonds. The number of rotatable bonds is 6. The van der Waals surface area contributed by atoms with Gasteiger partial charge in [-0.3, -0.25) is 0 Å². The lowest BCUT2D eigenvalue weighted by molar-refractivity contribution is 1.53. The quantitative estimate of drug-likeness (QED) is 0.160. The summed E-state index contributed by atoms with van der Waals surface area (Å²) in [5.74, 6) is 0. The lowest BCUT2D eigenvalue weighted by Gasteiger charge is -2.24. The molecule has 234 valence electrons. The van der Waals surface area contributed by atoms with Crippen LogP contribution in [0.5, 0.6) is 0 Å². The van der Waals surface area contributed by atoms with Gasteiger partial charge < -0.3 is 0 Å². The van der Waals surface area contributed by atoms with E-state index in [1.807, 2.05) is 0 Å². The van der Waals surface area contributed by atoms with Crippen molar-refractivity contribution in [1.82, 2.24) is 0 Å². The average Bonchev–Trinajstić information content (AvgIpc) is 3.20. The van der Waals surface area contributed by atoms with Crippen LogP contribution in [0.15, 0.2) is 206 Å². The molecule has 0 unspecified atom stereocenters. The third-order valence-electron chi connectivity index (χ3n) is 9.83. The van der Waals surface area contributed by atoms with E-state index in [1.165, 1.54) is 88.3 Å². The van der Waals surface area contributed by atoms with Gasteiger partial charge in [0.1, 0.15) is 0 Å². The van der Waals surface area contributed by atoms with Crippen LogP contribution in [0.3, 0.4) is 0 Å². The van der Waals surface area contributed by atoms with Gasteiger partial charge >= 0.3 is 0 Å². The SMILES string of the molecule is c1ccc(-c2cc(-c3cccc(-c4c5ccccc5cc5ccccc45)c3)c(-c3ccccc3)c(-c3ccccc3)c2-c2ccccc2)cc1. The van der Waals surface area contributed by atoms with Crippen molar-refractivity contribution in [2.45, 2.75) is 0 Å². The van der Waals surface area contributed by atoms with Gasteiger partial charge in [-0.2, -0.15) is 0 Å². The zero-order chi connectivity index (χ0) is 33.3. The molecule has 0 saturated carbocycles. The lowest BCUT2D eigenvalue weighted by atomic mass is 9.78. The maximum Gasteiger partial charge on any atom is -0.00143 e. The zero-order valence-corrected chi connectivity index (χ0v) is 27.6. The minimum absolute atomic E-state index is 1.19. The molecule has 0 aliphatic heterocycles. The van der Waals surface area contributed by atoms with Crippen LogP contribution in [-0.4, -0.2) is 0 Å². The molecule has 0 spiro atoms. The molecule has 0 saturated heterocycles. The van der Waals surface area contributed by atoms with Crippen molar-refractivity contribution in [1.29, 1.82) is 0 Å². The molecule has 0 bridgehead atoms. The molecule has 0 aliphatic carbocycles. The van der Waals surface area contributed by atoms with Crippen molar-refractivity contribution in [2.75, 3.05) is 0 Å². The van der Waals surface area contributed by atoms with Crippen LogP contribution >= 0.6 is 0 Å². The third-order valence-corrected chi connectivity index (χ3v) is 9.83. The highest BCUT2D eigenvalue weighted by Crippen LogP contribution is 2.50. The van der Waals surface area contributed by atoms with E-state index in [9.17, 15) is 0 Å². The van der Waals surface area contributed by atoms with E-state index in [-0.39, 0.29) is 0 Å². The second kappa shape index (κ2) is 12.8. The molecular weight excluding hydrogens is 601 g/mol. The van der Waals surface area contributed by atoms with Crippen LogP contribution < -0.4 is 0 Å². The van der Waals surface area contributed by atoms with E-state index in [4.69, 9.17) is 0 Å². The van der Waals surface area contributed by atoms with Gasteiger partial charge in [-0.25, -0.2) is 0 Å². The molecule has 0 N–H and O–H groups in total. The van der Waals surface area contributed by atoms with Crippen LogP contribution in [0.4, 0.5) is 0 Å². The van der Waals surface area contributed by atoms with Crippen molar-refractivity contribution in [3.05, 3.63) is 206 Å². The normalized spacial score (nSPS) is 11.2. The molecular formula is C50H34. The largest absolute Gasteiger partial charge is 0.0622 e. The standard InChI is InChI=1S/C50H34/c1-5-18-35(19-6-1)45-34-46(41-28-17-29-42(33-41)47-43-30-15-13-26-39(43)32-40-27-14-16-31-44(40)47)49(37-22-9-3-10-23-37)50(38-24-11-4-12-25-38)48(45)36-20-7-2-8-21-36/h1-34H. The first kappa shape index (κ1) is 29.6. The van der Waals surface area contributed by atoms with Gasteiger partial charge in [0.2, 0.25) is 0 Å². The van der Waals surface area contributed by atoms with Crippen LogP contribution in [0, 0.1) is 0 Å². The zero-order valence-electron chi connectivity index (χ0n) is 27.6. The molecule has 0 heterocycles. The molecule has 0 fully saturated rings. The van der Waals surface area contributed by atoms with Gasteiger partial charge in [-0.05, 0) is 107 Å². The third kappa shape index (κ3) is 5.28. The van der Waals surface area contributed by atoms with Crippen molar-refractivity contribution in [3.8, 4) is 66.8 Å². The summed E-state index contributed by atoms with van der Waals surface area (Å²) in [6.45, 7) is 0. The molecule has 0 heteroatoms. The maximum atomic E-state index is 2.44. The van der Waals surface area contributed by atoms with E-state index in [1.54, 1.807) is 0 Å². The predicted molar refractivity (Wildman–Crippen MR) is 214 cm³/mol. The average molecular weight is 635 g/mol. The Morgan fingerprint density at radius 2 is 0.580 bits per heavy atom. The predicted octanol–water partition coefficient (Wildman–Crippen LogP) is 14.0. The molecule has 0 nitrogen and oxygen atoms in total. The summed E-state index contributed by atoms with van der Waals surface area (Å²) < 4.78 is 0. The van der Waals surface area contributed by atoms with Gasteiger partial charge in [0.25, 0.3) is 0 Å². The van der Waals surface area contributed by atoms with Gasteiger partial charge in [0, 0.05) is 0 Å². The summed E-state index contributed by atoms with van der Waals surface area (Å²) in [6, 6.07) is 75.1. The fraction of sp³-hybridized carbons (Fsp3) is 0. The number of benzene rings is 9. The first-order valence-electron chi connectivity index (χ1n) is 17.3. The first-order chi connectivity index (χ1) is 24.8. The summed E-state index contributed by atoms with van der Waals surface area (Å²) >= 11 is 0. The van der Waals surface area contributed by atoms with Crippen molar-refractivity contribution >= 4 is 21.5 Å². The Kier molecular flexibility index (Phi) is 7.61. The molecule has 50 heavy (non-hydrogen) atoms. The van der Waals surface area contributed by atoms with E-state index < -0.39 is 0 Å². The number of hydrogen-bond donors (Lipinski definition) is 0. The lowest BCUT2D eigenvalue weighted by Crippen LogP contribution is -1.98. The van der Waals surface area contributed by atoms with Crippen LogP contribution in [0.2, 0.25) is 0 Å². The molecule has 9 rings (SSSR count). The Morgan fingerprint density at radius 1 is 0.200 bits per heavy atom. The smallest absolute Gasteiger partial charge is 0.00143 e. The fourth-order valence-corrected chi connectivity index (χ4v) is 7.63. The maximum absolute atomic E-state index is 2.44. The Balaban J connectivity index is 1.42. The van der Waals surface area contributed by atoms with Gasteiger partial charge in [0.15, 0.2) is 0 Å². The highest BCUT2D eigenvalue weighted by molar-refractivity contribution is 6.13. The second-order valence-electron chi connectivity index (χ2n) is 12.8. The van der Waals surface area contributed by atoms with Crippen LogP contribution in [-0.2, 0) is 0 Å². The molecule has 0 aliphatic rings. The first-order valence-corrected chi connectivity index (χ1v) is 17.3. The van der Waals surface area contributed by atoms with E-state index >= 15 is 0 Å². The highest BCUT2D eigenvalue weighted by atomic mass is 14.3. The Hall–Kier alpha value is -6.50.